The van der Waals surface area contributed by atoms with E-state index in [1.807, 2.05) is 6.92 Å². The van der Waals surface area contributed by atoms with E-state index in [0.29, 0.717) is 12.1 Å². The molecule has 0 bridgehead atoms. The second-order valence-corrected chi connectivity index (χ2v) is 5.27. The highest BCUT2D eigenvalue weighted by Crippen LogP contribution is 2.26. The SMILES string of the molecule is CCC(C)N(CC(=O)O)C(=O)CN(C)c1ccccc1[N+](=O)[O-]. The van der Waals surface area contributed by atoms with Gasteiger partial charge in [-0.1, -0.05) is 19.1 Å². The van der Waals surface area contributed by atoms with Crippen LogP contribution in [-0.2, 0) is 9.59 Å². The number of likely N-dealkylation sites (N-methyl/N-ethyl adjacent to an activating group) is 1. The summed E-state index contributed by atoms with van der Waals surface area (Å²) in [6.07, 6.45) is 0.619. The Kier molecular flexibility index (Phi) is 6.49. The minimum Gasteiger partial charge on any atom is -0.480 e. The molecule has 8 heteroatoms. The van der Waals surface area contributed by atoms with Gasteiger partial charge in [0.1, 0.15) is 12.2 Å². The lowest BCUT2D eigenvalue weighted by atomic mass is 10.2. The summed E-state index contributed by atoms with van der Waals surface area (Å²) in [5.74, 6) is -1.48. The number of benzene rings is 1. The Morgan fingerprint density at radius 3 is 2.43 bits per heavy atom. The van der Waals surface area contributed by atoms with Crippen LogP contribution < -0.4 is 4.90 Å². The van der Waals surface area contributed by atoms with Crippen LogP contribution in [0.2, 0.25) is 0 Å². The molecule has 0 fully saturated rings. The Morgan fingerprint density at radius 2 is 1.91 bits per heavy atom. The molecule has 126 valence electrons. The number of para-hydroxylation sites is 2. The van der Waals surface area contributed by atoms with E-state index in [2.05, 4.69) is 0 Å². The molecule has 0 aliphatic carbocycles. The first-order chi connectivity index (χ1) is 10.8. The number of hydrogen-bond donors (Lipinski definition) is 1. The summed E-state index contributed by atoms with van der Waals surface area (Å²) in [6.45, 7) is 3.10. The van der Waals surface area contributed by atoms with Gasteiger partial charge in [0.2, 0.25) is 5.91 Å². The molecule has 1 N–H and O–H groups in total. The fourth-order valence-electron chi connectivity index (χ4n) is 2.18. The first kappa shape index (κ1) is 18.4. The van der Waals surface area contributed by atoms with Crippen LogP contribution in [-0.4, -0.2) is 53.0 Å². The molecule has 0 saturated carbocycles. The normalized spacial score (nSPS) is 11.6. The van der Waals surface area contributed by atoms with Gasteiger partial charge in [0.15, 0.2) is 0 Å². The maximum Gasteiger partial charge on any atom is 0.323 e. The van der Waals surface area contributed by atoms with Crippen molar-refractivity contribution in [1.82, 2.24) is 4.90 Å². The van der Waals surface area contributed by atoms with Gasteiger partial charge in [-0.2, -0.15) is 0 Å². The third-order valence-corrected chi connectivity index (χ3v) is 3.61. The van der Waals surface area contributed by atoms with Crippen LogP contribution in [0.1, 0.15) is 20.3 Å². The van der Waals surface area contributed by atoms with Crippen molar-refractivity contribution in [1.29, 1.82) is 0 Å². The highest BCUT2D eigenvalue weighted by molar-refractivity contribution is 5.85. The first-order valence-corrected chi connectivity index (χ1v) is 7.23. The Morgan fingerprint density at radius 1 is 1.30 bits per heavy atom. The standard InChI is InChI=1S/C15H21N3O5/c1-4-11(2)17(10-15(20)21)14(19)9-16(3)12-7-5-6-8-13(12)18(22)23/h5-8,11H,4,9-10H2,1-3H3,(H,20,21). The summed E-state index contributed by atoms with van der Waals surface area (Å²) in [6, 6.07) is 5.88. The highest BCUT2D eigenvalue weighted by Gasteiger charge is 2.24. The number of rotatable bonds is 8. The number of amides is 1. The maximum absolute atomic E-state index is 12.4. The number of aliphatic carboxylic acids is 1. The Balaban J connectivity index is 2.94. The molecule has 0 aliphatic rings. The Labute approximate surface area is 134 Å². The number of nitrogens with zero attached hydrogens (tertiary/aromatic N) is 3. The third kappa shape index (κ3) is 4.94. The predicted molar refractivity (Wildman–Crippen MR) is 85.5 cm³/mol. The number of nitro benzene ring substituents is 1. The largest absolute Gasteiger partial charge is 0.480 e. The van der Waals surface area contributed by atoms with Crippen molar-refractivity contribution >= 4 is 23.3 Å². The van der Waals surface area contributed by atoms with Crippen molar-refractivity contribution in [2.75, 3.05) is 25.0 Å². The Hall–Kier alpha value is -2.64. The van der Waals surface area contributed by atoms with Crippen LogP contribution in [0, 0.1) is 10.1 Å². The molecule has 23 heavy (non-hydrogen) atoms. The van der Waals surface area contributed by atoms with Crippen LogP contribution in [0.5, 0.6) is 0 Å². The third-order valence-electron chi connectivity index (χ3n) is 3.61. The monoisotopic (exact) mass is 323 g/mol. The van der Waals surface area contributed by atoms with E-state index in [1.165, 1.54) is 15.9 Å². The molecule has 0 aromatic heterocycles. The van der Waals surface area contributed by atoms with E-state index in [1.54, 1.807) is 32.2 Å². The second-order valence-electron chi connectivity index (χ2n) is 5.27. The number of carboxylic acids is 1. The summed E-state index contributed by atoms with van der Waals surface area (Å²) in [5, 5.41) is 20.0. The molecule has 1 unspecified atom stereocenters. The zero-order chi connectivity index (χ0) is 17.6. The van der Waals surface area contributed by atoms with Gasteiger partial charge < -0.3 is 14.9 Å². The molecule has 1 amide bonds. The average Bonchev–Trinajstić information content (AvgIpc) is 2.51. The molecule has 1 aromatic rings. The van der Waals surface area contributed by atoms with Gasteiger partial charge in [-0.05, 0) is 19.4 Å². The van der Waals surface area contributed by atoms with Gasteiger partial charge in [-0.25, -0.2) is 0 Å². The lowest BCUT2D eigenvalue weighted by molar-refractivity contribution is -0.384. The average molecular weight is 323 g/mol. The van der Waals surface area contributed by atoms with E-state index in [9.17, 15) is 19.7 Å². The van der Waals surface area contributed by atoms with Crippen molar-refractivity contribution in [3.8, 4) is 0 Å². The number of nitro groups is 1. The molecule has 0 saturated heterocycles. The number of hydrogen-bond acceptors (Lipinski definition) is 5. The minimum absolute atomic E-state index is 0.101. The number of carbonyl (C=O) groups excluding carboxylic acids is 1. The van der Waals surface area contributed by atoms with E-state index in [-0.39, 0.29) is 24.2 Å². The molecule has 0 radical (unpaired) electrons. The van der Waals surface area contributed by atoms with Crippen molar-refractivity contribution in [2.45, 2.75) is 26.3 Å². The fourth-order valence-corrected chi connectivity index (χ4v) is 2.18. The molecular formula is C15H21N3O5. The van der Waals surface area contributed by atoms with Crippen molar-refractivity contribution in [3.63, 3.8) is 0 Å². The van der Waals surface area contributed by atoms with Crippen molar-refractivity contribution in [3.05, 3.63) is 34.4 Å². The minimum atomic E-state index is -1.09. The second kappa shape index (κ2) is 8.11. The van der Waals surface area contributed by atoms with Gasteiger partial charge >= 0.3 is 5.97 Å². The number of carbonyl (C=O) groups is 2. The molecule has 0 heterocycles. The van der Waals surface area contributed by atoms with Gasteiger partial charge in [0.25, 0.3) is 5.69 Å². The lowest BCUT2D eigenvalue weighted by Gasteiger charge is -2.29. The van der Waals surface area contributed by atoms with Gasteiger partial charge in [-0.15, -0.1) is 0 Å². The summed E-state index contributed by atoms with van der Waals surface area (Å²) in [4.78, 5) is 36.6. The maximum atomic E-state index is 12.4. The summed E-state index contributed by atoms with van der Waals surface area (Å²) in [7, 11) is 1.57. The predicted octanol–water partition coefficient (Wildman–Crippen LogP) is 1.74. The van der Waals surface area contributed by atoms with Crippen molar-refractivity contribution < 1.29 is 19.6 Å². The van der Waals surface area contributed by atoms with Crippen LogP contribution in [0.25, 0.3) is 0 Å². The smallest absolute Gasteiger partial charge is 0.323 e. The van der Waals surface area contributed by atoms with Gasteiger partial charge in [-0.3, -0.25) is 19.7 Å². The van der Waals surface area contributed by atoms with Gasteiger partial charge in [0.05, 0.1) is 11.5 Å². The van der Waals surface area contributed by atoms with E-state index >= 15 is 0 Å². The van der Waals surface area contributed by atoms with Crippen LogP contribution >= 0.6 is 0 Å². The topological polar surface area (TPSA) is 104 Å². The molecule has 0 spiro atoms. The summed E-state index contributed by atoms with van der Waals surface area (Å²) >= 11 is 0. The van der Waals surface area contributed by atoms with Crippen LogP contribution in [0.15, 0.2) is 24.3 Å². The molecule has 8 nitrogen and oxygen atoms in total. The highest BCUT2D eigenvalue weighted by atomic mass is 16.6. The zero-order valence-electron chi connectivity index (χ0n) is 13.4. The number of carboxylic acid groups (broad SMARTS) is 1. The molecule has 1 rings (SSSR count). The van der Waals surface area contributed by atoms with E-state index < -0.39 is 17.4 Å². The summed E-state index contributed by atoms with van der Waals surface area (Å²) in [5.41, 5.74) is 0.210. The molecule has 0 aliphatic heterocycles. The zero-order valence-corrected chi connectivity index (χ0v) is 13.4. The Bertz CT molecular complexity index is 590. The first-order valence-electron chi connectivity index (χ1n) is 7.23. The van der Waals surface area contributed by atoms with Crippen LogP contribution in [0.3, 0.4) is 0 Å². The van der Waals surface area contributed by atoms with Crippen molar-refractivity contribution in [2.24, 2.45) is 0 Å². The molecule has 1 aromatic carbocycles. The summed E-state index contributed by atoms with van der Waals surface area (Å²) < 4.78 is 0. The molecule has 1 atom stereocenters. The van der Waals surface area contributed by atoms with E-state index in [0.717, 1.165) is 0 Å². The van der Waals surface area contributed by atoms with Crippen LogP contribution in [0.4, 0.5) is 11.4 Å². The fraction of sp³-hybridized carbons (Fsp3) is 0.467. The lowest BCUT2D eigenvalue weighted by Crippen LogP contribution is -2.46. The van der Waals surface area contributed by atoms with Gasteiger partial charge in [0, 0.05) is 19.2 Å². The quantitative estimate of drug-likeness (QED) is 0.577. The molecular weight excluding hydrogens is 302 g/mol. The van der Waals surface area contributed by atoms with E-state index in [4.69, 9.17) is 5.11 Å². The number of anilines is 1.